The highest BCUT2D eigenvalue weighted by molar-refractivity contribution is 6.30. The zero-order valence-electron chi connectivity index (χ0n) is 14.7. The first kappa shape index (κ1) is 17.6. The van der Waals surface area contributed by atoms with Crippen LogP contribution in [-0.2, 0) is 10.2 Å². The maximum absolute atomic E-state index is 13.0. The summed E-state index contributed by atoms with van der Waals surface area (Å²) in [4.78, 5) is 17.0. The van der Waals surface area contributed by atoms with E-state index in [-0.39, 0.29) is 5.91 Å². The van der Waals surface area contributed by atoms with Crippen molar-refractivity contribution in [3.05, 3.63) is 83.6 Å². The molecule has 0 spiro atoms. The van der Waals surface area contributed by atoms with Gasteiger partial charge >= 0.3 is 0 Å². The summed E-state index contributed by atoms with van der Waals surface area (Å²) in [5, 5.41) is 3.70. The van der Waals surface area contributed by atoms with Crippen molar-refractivity contribution < 1.29 is 9.53 Å². The van der Waals surface area contributed by atoms with Gasteiger partial charge in [0.05, 0.1) is 5.41 Å². The summed E-state index contributed by atoms with van der Waals surface area (Å²) in [7, 11) is 0. The van der Waals surface area contributed by atoms with Gasteiger partial charge < -0.3 is 10.1 Å². The molecule has 0 radical (unpaired) electrons. The summed E-state index contributed by atoms with van der Waals surface area (Å²) < 4.78 is 5.75. The van der Waals surface area contributed by atoms with Gasteiger partial charge in [-0.15, -0.1) is 0 Å². The van der Waals surface area contributed by atoms with E-state index in [1.165, 1.54) is 0 Å². The van der Waals surface area contributed by atoms with Crippen LogP contribution >= 0.6 is 11.6 Å². The van der Waals surface area contributed by atoms with E-state index in [9.17, 15) is 4.79 Å². The molecule has 3 aromatic rings. The lowest BCUT2D eigenvalue weighted by Gasteiger charge is -2.40. The molecule has 1 aromatic heterocycles. The molecule has 27 heavy (non-hydrogen) atoms. The molecule has 1 aliphatic carbocycles. The fourth-order valence-electron chi connectivity index (χ4n) is 3.36. The van der Waals surface area contributed by atoms with Gasteiger partial charge in [0.1, 0.15) is 11.5 Å². The van der Waals surface area contributed by atoms with Crippen molar-refractivity contribution in [2.75, 3.05) is 5.32 Å². The van der Waals surface area contributed by atoms with Crippen LogP contribution in [0.3, 0.4) is 0 Å². The molecule has 5 heteroatoms. The summed E-state index contributed by atoms with van der Waals surface area (Å²) in [5.74, 6) is 1.43. The van der Waals surface area contributed by atoms with E-state index in [4.69, 9.17) is 16.3 Å². The number of amides is 1. The van der Waals surface area contributed by atoms with Crippen LogP contribution < -0.4 is 10.1 Å². The number of rotatable bonds is 5. The molecule has 2 aromatic carbocycles. The summed E-state index contributed by atoms with van der Waals surface area (Å²) in [6.45, 7) is 0. The minimum atomic E-state index is -0.489. The number of ether oxygens (including phenoxy) is 1. The Morgan fingerprint density at radius 1 is 1.00 bits per heavy atom. The highest BCUT2D eigenvalue weighted by atomic mass is 35.5. The molecule has 1 saturated carbocycles. The smallest absolute Gasteiger partial charge is 0.235 e. The third kappa shape index (κ3) is 3.67. The van der Waals surface area contributed by atoms with Gasteiger partial charge in [0, 0.05) is 23.1 Å². The van der Waals surface area contributed by atoms with Crippen LogP contribution in [0.1, 0.15) is 24.8 Å². The monoisotopic (exact) mass is 378 g/mol. The van der Waals surface area contributed by atoms with Crippen LogP contribution in [0.5, 0.6) is 11.5 Å². The number of pyridine rings is 1. The molecule has 0 saturated heterocycles. The summed E-state index contributed by atoms with van der Waals surface area (Å²) in [6.07, 6.45) is 6.07. The van der Waals surface area contributed by atoms with E-state index in [2.05, 4.69) is 10.3 Å². The molecule has 0 bridgehead atoms. The lowest BCUT2D eigenvalue weighted by atomic mass is 9.64. The van der Waals surface area contributed by atoms with E-state index in [1.807, 2.05) is 48.5 Å². The van der Waals surface area contributed by atoms with Crippen LogP contribution in [-0.4, -0.2) is 10.9 Å². The summed E-state index contributed by atoms with van der Waals surface area (Å²) >= 11 is 6.13. The van der Waals surface area contributed by atoms with Crippen molar-refractivity contribution in [1.29, 1.82) is 0 Å². The Labute approximate surface area is 163 Å². The third-order valence-electron chi connectivity index (χ3n) is 5.02. The zero-order valence-corrected chi connectivity index (χ0v) is 15.4. The Balaban J connectivity index is 1.47. The Bertz CT molecular complexity index is 938. The van der Waals surface area contributed by atoms with Gasteiger partial charge in [0.15, 0.2) is 0 Å². The molecule has 1 fully saturated rings. The highest BCUT2D eigenvalue weighted by Crippen LogP contribution is 2.45. The second kappa shape index (κ2) is 7.41. The second-order valence-electron chi connectivity index (χ2n) is 6.71. The Morgan fingerprint density at radius 3 is 2.33 bits per heavy atom. The molecule has 1 amide bonds. The van der Waals surface area contributed by atoms with Crippen molar-refractivity contribution >= 4 is 23.2 Å². The van der Waals surface area contributed by atoms with Gasteiger partial charge in [0.2, 0.25) is 5.91 Å². The van der Waals surface area contributed by atoms with E-state index in [0.717, 1.165) is 36.3 Å². The molecule has 0 aliphatic heterocycles. The number of anilines is 1. The molecule has 4 rings (SSSR count). The topological polar surface area (TPSA) is 51.2 Å². The number of hydrogen-bond acceptors (Lipinski definition) is 3. The number of carbonyl (C=O) groups is 1. The number of aromatic nitrogens is 1. The molecule has 1 heterocycles. The number of hydrogen-bond donors (Lipinski definition) is 1. The number of benzene rings is 2. The van der Waals surface area contributed by atoms with Crippen LogP contribution in [0.15, 0.2) is 73.1 Å². The quantitative estimate of drug-likeness (QED) is 0.629. The number of carbonyl (C=O) groups excluding carboxylic acids is 1. The first-order valence-corrected chi connectivity index (χ1v) is 9.29. The fraction of sp³-hybridized carbons (Fsp3) is 0.182. The first-order valence-electron chi connectivity index (χ1n) is 8.91. The minimum Gasteiger partial charge on any atom is -0.457 e. The predicted molar refractivity (Wildman–Crippen MR) is 106 cm³/mol. The predicted octanol–water partition coefficient (Wildman–Crippen LogP) is 5.59. The van der Waals surface area contributed by atoms with Gasteiger partial charge in [-0.1, -0.05) is 30.2 Å². The molecule has 0 atom stereocenters. The largest absolute Gasteiger partial charge is 0.457 e. The van der Waals surface area contributed by atoms with Crippen molar-refractivity contribution in [1.82, 2.24) is 4.98 Å². The third-order valence-corrected chi connectivity index (χ3v) is 5.25. The molecule has 4 nitrogen and oxygen atoms in total. The van der Waals surface area contributed by atoms with Gasteiger partial charge in [0.25, 0.3) is 0 Å². The maximum atomic E-state index is 13.0. The van der Waals surface area contributed by atoms with Crippen molar-refractivity contribution in [2.24, 2.45) is 0 Å². The standard InChI is InChI=1S/C22H19ClN2O2/c23-17-4-1-3-16(15-17)22(11-2-12-22)21(26)25-18-5-7-19(8-6-18)27-20-9-13-24-14-10-20/h1,3-10,13-15H,2,11-12H2,(H,25,26). The average Bonchev–Trinajstić information content (AvgIpc) is 2.63. The van der Waals surface area contributed by atoms with Gasteiger partial charge in [-0.3, -0.25) is 9.78 Å². The van der Waals surface area contributed by atoms with Crippen LogP contribution in [0.2, 0.25) is 5.02 Å². The first-order chi connectivity index (χ1) is 13.2. The lowest BCUT2D eigenvalue weighted by molar-refractivity contribution is -0.124. The Kier molecular flexibility index (Phi) is 4.82. The van der Waals surface area contributed by atoms with Crippen molar-refractivity contribution in [3.63, 3.8) is 0 Å². The minimum absolute atomic E-state index is 0.0128. The normalized spacial score (nSPS) is 14.9. The maximum Gasteiger partial charge on any atom is 0.235 e. The average molecular weight is 379 g/mol. The van der Waals surface area contributed by atoms with Crippen molar-refractivity contribution in [2.45, 2.75) is 24.7 Å². The number of nitrogens with zero attached hydrogens (tertiary/aromatic N) is 1. The molecule has 1 N–H and O–H groups in total. The van der Waals surface area contributed by atoms with E-state index >= 15 is 0 Å². The zero-order chi connectivity index (χ0) is 18.7. The fourth-order valence-corrected chi connectivity index (χ4v) is 3.55. The van der Waals surface area contributed by atoms with Gasteiger partial charge in [-0.05, 0) is 66.9 Å². The molecular formula is C22H19ClN2O2. The lowest BCUT2D eigenvalue weighted by Crippen LogP contribution is -2.46. The van der Waals surface area contributed by atoms with Gasteiger partial charge in [-0.25, -0.2) is 0 Å². The van der Waals surface area contributed by atoms with E-state index in [1.54, 1.807) is 24.5 Å². The van der Waals surface area contributed by atoms with Crippen LogP contribution in [0.4, 0.5) is 5.69 Å². The van der Waals surface area contributed by atoms with E-state index in [0.29, 0.717) is 10.8 Å². The molecular weight excluding hydrogens is 360 g/mol. The number of halogens is 1. The second-order valence-corrected chi connectivity index (χ2v) is 7.15. The van der Waals surface area contributed by atoms with E-state index < -0.39 is 5.41 Å². The molecule has 136 valence electrons. The Morgan fingerprint density at radius 2 is 1.70 bits per heavy atom. The van der Waals surface area contributed by atoms with Crippen LogP contribution in [0, 0.1) is 0 Å². The highest BCUT2D eigenvalue weighted by Gasteiger charge is 2.45. The summed E-state index contributed by atoms with van der Waals surface area (Å²) in [5.41, 5.74) is 1.24. The molecule has 0 unspecified atom stereocenters. The Hall–Kier alpha value is -2.85. The summed E-state index contributed by atoms with van der Waals surface area (Å²) in [6, 6.07) is 18.6. The number of nitrogens with one attached hydrogen (secondary N) is 1. The van der Waals surface area contributed by atoms with Crippen molar-refractivity contribution in [3.8, 4) is 11.5 Å². The SMILES string of the molecule is O=C(Nc1ccc(Oc2ccncc2)cc1)C1(c2cccc(Cl)c2)CCC1. The van der Waals surface area contributed by atoms with Crippen LogP contribution in [0.25, 0.3) is 0 Å². The molecule has 1 aliphatic rings. The van der Waals surface area contributed by atoms with Gasteiger partial charge in [-0.2, -0.15) is 0 Å².